The number of hydrogen-bond donors (Lipinski definition) is 2. The fraction of sp³-hybridized carbons (Fsp3) is 0.571. The minimum Gasteiger partial charge on any atom is -0.385 e. The van der Waals surface area contributed by atoms with Crippen molar-refractivity contribution in [3.8, 4) is 0 Å². The summed E-state index contributed by atoms with van der Waals surface area (Å²) in [5.41, 5.74) is 1.83. The van der Waals surface area contributed by atoms with E-state index in [2.05, 4.69) is 23.5 Å². The van der Waals surface area contributed by atoms with Crippen molar-refractivity contribution in [1.82, 2.24) is 0 Å². The first-order chi connectivity index (χ1) is 8.28. The zero-order valence-electron chi connectivity index (χ0n) is 9.98. The summed E-state index contributed by atoms with van der Waals surface area (Å²) < 4.78 is 5.44. The number of anilines is 1. The standard InChI is InChI=1S/C14H19NO2/c16-14(8-3-9-17-10-14)13-7-6-11-4-1-2-5-12(11)15-13/h1-2,4-5,13,15-16H,3,6-10H2. The minimum atomic E-state index is -0.689. The summed E-state index contributed by atoms with van der Waals surface area (Å²) in [6.07, 6.45) is 3.82. The van der Waals surface area contributed by atoms with Gasteiger partial charge in [-0.15, -0.1) is 0 Å². The van der Waals surface area contributed by atoms with E-state index in [1.807, 2.05) is 6.07 Å². The van der Waals surface area contributed by atoms with Crippen molar-refractivity contribution in [3.63, 3.8) is 0 Å². The van der Waals surface area contributed by atoms with Crippen LogP contribution >= 0.6 is 0 Å². The van der Waals surface area contributed by atoms with Gasteiger partial charge < -0.3 is 15.2 Å². The third-order valence-electron chi connectivity index (χ3n) is 3.95. The second-order valence-corrected chi connectivity index (χ2v) is 5.15. The Bertz CT molecular complexity index is 399. The van der Waals surface area contributed by atoms with Gasteiger partial charge in [0.15, 0.2) is 0 Å². The van der Waals surface area contributed by atoms with Crippen LogP contribution in [0.2, 0.25) is 0 Å². The van der Waals surface area contributed by atoms with Gasteiger partial charge in [-0.05, 0) is 37.3 Å². The molecule has 2 atom stereocenters. The number of ether oxygens (including phenoxy) is 1. The van der Waals surface area contributed by atoms with Gasteiger partial charge in [-0.25, -0.2) is 0 Å². The Morgan fingerprint density at radius 1 is 1.35 bits per heavy atom. The van der Waals surface area contributed by atoms with Crippen LogP contribution in [-0.4, -0.2) is 30.0 Å². The molecule has 0 spiro atoms. The number of aliphatic hydroxyl groups is 1. The number of benzene rings is 1. The third-order valence-corrected chi connectivity index (χ3v) is 3.95. The number of hydrogen-bond acceptors (Lipinski definition) is 3. The van der Waals surface area contributed by atoms with E-state index in [0.717, 1.165) is 32.3 Å². The lowest BCUT2D eigenvalue weighted by molar-refractivity contribution is -0.0969. The summed E-state index contributed by atoms with van der Waals surface area (Å²) >= 11 is 0. The van der Waals surface area contributed by atoms with Crippen molar-refractivity contribution < 1.29 is 9.84 Å². The van der Waals surface area contributed by atoms with Crippen LogP contribution in [0.15, 0.2) is 24.3 Å². The number of aryl methyl sites for hydroxylation is 1. The highest BCUT2D eigenvalue weighted by molar-refractivity contribution is 5.54. The molecule has 0 amide bonds. The van der Waals surface area contributed by atoms with Crippen LogP contribution in [-0.2, 0) is 11.2 Å². The molecule has 2 heterocycles. The monoisotopic (exact) mass is 233 g/mol. The van der Waals surface area contributed by atoms with Gasteiger partial charge in [0.25, 0.3) is 0 Å². The predicted octanol–water partition coefficient (Wildman–Crippen LogP) is 1.95. The van der Waals surface area contributed by atoms with Crippen LogP contribution in [0.5, 0.6) is 0 Å². The Morgan fingerprint density at radius 2 is 2.24 bits per heavy atom. The molecule has 0 aromatic heterocycles. The quantitative estimate of drug-likeness (QED) is 0.779. The van der Waals surface area contributed by atoms with Crippen LogP contribution in [0.1, 0.15) is 24.8 Å². The predicted molar refractivity (Wildman–Crippen MR) is 67.2 cm³/mol. The van der Waals surface area contributed by atoms with Gasteiger partial charge in [-0.1, -0.05) is 18.2 Å². The summed E-state index contributed by atoms with van der Waals surface area (Å²) in [6, 6.07) is 8.47. The highest BCUT2D eigenvalue weighted by Crippen LogP contribution is 2.33. The number of rotatable bonds is 1. The summed E-state index contributed by atoms with van der Waals surface area (Å²) in [7, 11) is 0. The van der Waals surface area contributed by atoms with E-state index in [9.17, 15) is 5.11 Å². The topological polar surface area (TPSA) is 41.5 Å². The van der Waals surface area contributed by atoms with Gasteiger partial charge >= 0.3 is 0 Å². The van der Waals surface area contributed by atoms with Gasteiger partial charge in [0.2, 0.25) is 0 Å². The van der Waals surface area contributed by atoms with Gasteiger partial charge in [0.05, 0.1) is 12.6 Å². The zero-order valence-corrected chi connectivity index (χ0v) is 9.98. The lowest BCUT2D eigenvalue weighted by atomic mass is 9.82. The molecular weight excluding hydrogens is 214 g/mol. The summed E-state index contributed by atoms with van der Waals surface area (Å²) in [4.78, 5) is 0. The number of para-hydroxylation sites is 1. The molecule has 0 radical (unpaired) electrons. The molecule has 0 aliphatic carbocycles. The van der Waals surface area contributed by atoms with Crippen LogP contribution in [0.25, 0.3) is 0 Å². The fourth-order valence-electron chi connectivity index (χ4n) is 2.92. The summed E-state index contributed by atoms with van der Waals surface area (Å²) in [5.74, 6) is 0. The van der Waals surface area contributed by atoms with Crippen LogP contribution < -0.4 is 5.32 Å². The van der Waals surface area contributed by atoms with Crippen molar-refractivity contribution in [2.24, 2.45) is 0 Å². The molecule has 1 fully saturated rings. The highest BCUT2D eigenvalue weighted by atomic mass is 16.5. The molecule has 1 saturated heterocycles. The average molecular weight is 233 g/mol. The van der Waals surface area contributed by atoms with E-state index in [0.29, 0.717) is 6.61 Å². The summed E-state index contributed by atoms with van der Waals surface area (Å²) in [6.45, 7) is 1.25. The molecule has 2 N–H and O–H groups in total. The molecule has 2 unspecified atom stereocenters. The molecule has 0 saturated carbocycles. The van der Waals surface area contributed by atoms with E-state index in [-0.39, 0.29) is 6.04 Å². The molecule has 0 bridgehead atoms. The smallest absolute Gasteiger partial charge is 0.108 e. The summed E-state index contributed by atoms with van der Waals surface area (Å²) in [5, 5.41) is 14.1. The van der Waals surface area contributed by atoms with Crippen LogP contribution in [0, 0.1) is 0 Å². The average Bonchev–Trinajstić information content (AvgIpc) is 2.39. The van der Waals surface area contributed by atoms with Crippen molar-refractivity contribution >= 4 is 5.69 Å². The SMILES string of the molecule is OC1(C2CCc3ccccc3N2)CCCOC1. The first-order valence-electron chi connectivity index (χ1n) is 6.42. The highest BCUT2D eigenvalue weighted by Gasteiger charge is 2.40. The molecule has 2 aliphatic heterocycles. The normalized spacial score (nSPS) is 32.6. The van der Waals surface area contributed by atoms with Crippen molar-refractivity contribution in [3.05, 3.63) is 29.8 Å². The molecule has 2 aliphatic rings. The molecule has 92 valence electrons. The molecule has 1 aromatic carbocycles. The lowest BCUT2D eigenvalue weighted by Gasteiger charge is -2.42. The number of fused-ring (bicyclic) bond motifs is 1. The maximum Gasteiger partial charge on any atom is 0.108 e. The van der Waals surface area contributed by atoms with Crippen LogP contribution in [0.3, 0.4) is 0 Å². The van der Waals surface area contributed by atoms with Crippen molar-refractivity contribution in [2.75, 3.05) is 18.5 Å². The third kappa shape index (κ3) is 2.05. The van der Waals surface area contributed by atoms with E-state index >= 15 is 0 Å². The van der Waals surface area contributed by atoms with E-state index < -0.39 is 5.60 Å². The second-order valence-electron chi connectivity index (χ2n) is 5.15. The zero-order chi connectivity index (χ0) is 11.7. The maximum absolute atomic E-state index is 10.6. The molecule has 3 rings (SSSR count). The van der Waals surface area contributed by atoms with E-state index in [4.69, 9.17) is 4.74 Å². The molecule has 17 heavy (non-hydrogen) atoms. The lowest BCUT2D eigenvalue weighted by Crippen LogP contribution is -2.53. The molecular formula is C14H19NO2. The Kier molecular flexibility index (Phi) is 2.81. The number of nitrogens with one attached hydrogen (secondary N) is 1. The maximum atomic E-state index is 10.6. The van der Waals surface area contributed by atoms with Gasteiger partial charge in [-0.3, -0.25) is 0 Å². The first-order valence-corrected chi connectivity index (χ1v) is 6.42. The van der Waals surface area contributed by atoms with Gasteiger partial charge in [0.1, 0.15) is 5.60 Å². The Morgan fingerprint density at radius 3 is 3.06 bits per heavy atom. The second kappa shape index (κ2) is 4.31. The fourth-order valence-corrected chi connectivity index (χ4v) is 2.92. The first kappa shape index (κ1) is 11.1. The van der Waals surface area contributed by atoms with Gasteiger partial charge in [-0.2, -0.15) is 0 Å². The van der Waals surface area contributed by atoms with Crippen molar-refractivity contribution in [2.45, 2.75) is 37.3 Å². The molecule has 1 aromatic rings. The van der Waals surface area contributed by atoms with Crippen LogP contribution in [0.4, 0.5) is 5.69 Å². The minimum absolute atomic E-state index is 0.123. The van der Waals surface area contributed by atoms with Gasteiger partial charge in [0, 0.05) is 12.3 Å². The largest absolute Gasteiger partial charge is 0.385 e. The Hall–Kier alpha value is -1.06. The molecule has 3 heteroatoms. The Labute approximate surface area is 102 Å². The molecule has 3 nitrogen and oxygen atoms in total. The van der Waals surface area contributed by atoms with E-state index in [1.54, 1.807) is 0 Å². The van der Waals surface area contributed by atoms with Crippen molar-refractivity contribution in [1.29, 1.82) is 0 Å². The Balaban J connectivity index is 1.79. The van der Waals surface area contributed by atoms with E-state index in [1.165, 1.54) is 11.3 Å².